The van der Waals surface area contributed by atoms with E-state index in [1.54, 1.807) is 0 Å². The molecule has 0 aliphatic rings. The van der Waals surface area contributed by atoms with Crippen LogP contribution in [0.4, 0.5) is 0 Å². The van der Waals surface area contributed by atoms with Crippen LogP contribution in [0.25, 0.3) is 0 Å². The zero-order chi connectivity index (χ0) is 53.6. The van der Waals surface area contributed by atoms with Crippen LogP contribution in [0.3, 0.4) is 0 Å². The van der Waals surface area contributed by atoms with Gasteiger partial charge in [-0.25, -0.2) is 0 Å². The maximum Gasteiger partial charge on any atom is 0.306 e. The van der Waals surface area contributed by atoms with E-state index in [4.69, 9.17) is 14.2 Å². The molecule has 0 aliphatic carbocycles. The third kappa shape index (κ3) is 58.7. The van der Waals surface area contributed by atoms with Crippen molar-refractivity contribution in [3.05, 3.63) is 122 Å². The van der Waals surface area contributed by atoms with Crippen LogP contribution in [0.2, 0.25) is 0 Å². The summed E-state index contributed by atoms with van der Waals surface area (Å²) in [6.07, 6.45) is 84.8. The van der Waals surface area contributed by atoms with Gasteiger partial charge in [0.05, 0.1) is 0 Å². The zero-order valence-electron chi connectivity index (χ0n) is 48.1. The Balaban J connectivity index is 4.37. The number of hydrogen-bond acceptors (Lipinski definition) is 6. The van der Waals surface area contributed by atoms with Crippen molar-refractivity contribution in [3.63, 3.8) is 0 Å². The molecule has 0 aromatic carbocycles. The molecule has 0 amide bonds. The number of allylic oxidation sites excluding steroid dienone is 20. The van der Waals surface area contributed by atoms with Crippen LogP contribution in [-0.4, -0.2) is 37.2 Å². The number of rotatable bonds is 54. The second kappa shape index (κ2) is 61.4. The topological polar surface area (TPSA) is 78.9 Å². The summed E-state index contributed by atoms with van der Waals surface area (Å²) in [6, 6.07) is 0. The maximum atomic E-state index is 12.9. The fraction of sp³-hybridized carbons (Fsp3) is 0.662. The summed E-state index contributed by atoms with van der Waals surface area (Å²) in [6.45, 7) is 6.42. The normalized spacial score (nSPS) is 13.0. The van der Waals surface area contributed by atoms with Gasteiger partial charge in [-0.1, -0.05) is 245 Å². The lowest BCUT2D eigenvalue weighted by Crippen LogP contribution is -2.30. The van der Waals surface area contributed by atoms with E-state index in [1.165, 1.54) is 83.5 Å². The van der Waals surface area contributed by atoms with Gasteiger partial charge in [-0.2, -0.15) is 0 Å². The van der Waals surface area contributed by atoms with E-state index >= 15 is 0 Å². The Hall–Kier alpha value is -4.19. The first-order chi connectivity index (χ1) is 36.5. The molecule has 0 aromatic heterocycles. The van der Waals surface area contributed by atoms with E-state index in [0.29, 0.717) is 19.3 Å². The third-order valence-corrected chi connectivity index (χ3v) is 12.7. The minimum Gasteiger partial charge on any atom is -0.462 e. The Kier molecular flexibility index (Phi) is 57.9. The molecule has 0 spiro atoms. The van der Waals surface area contributed by atoms with Gasteiger partial charge >= 0.3 is 17.9 Å². The Bertz CT molecular complexity index is 1550. The number of hydrogen-bond donors (Lipinski definition) is 0. The van der Waals surface area contributed by atoms with E-state index in [0.717, 1.165) is 148 Å². The molecule has 0 radical (unpaired) electrons. The molecule has 0 rings (SSSR count). The highest BCUT2D eigenvalue weighted by molar-refractivity contribution is 5.71. The molecule has 1 unspecified atom stereocenters. The molecule has 0 heterocycles. The van der Waals surface area contributed by atoms with Gasteiger partial charge in [0.1, 0.15) is 13.2 Å². The predicted octanol–water partition coefficient (Wildman–Crippen LogP) is 20.8. The Labute approximate surface area is 456 Å². The highest BCUT2D eigenvalue weighted by Crippen LogP contribution is 2.14. The van der Waals surface area contributed by atoms with Gasteiger partial charge in [0.2, 0.25) is 0 Å². The van der Waals surface area contributed by atoms with Gasteiger partial charge in [0.15, 0.2) is 6.10 Å². The van der Waals surface area contributed by atoms with Crippen molar-refractivity contribution in [2.45, 2.75) is 277 Å². The van der Waals surface area contributed by atoms with Crippen molar-refractivity contribution in [3.8, 4) is 0 Å². The van der Waals surface area contributed by atoms with Crippen molar-refractivity contribution in [2.75, 3.05) is 13.2 Å². The van der Waals surface area contributed by atoms with Gasteiger partial charge in [-0.05, 0) is 128 Å². The van der Waals surface area contributed by atoms with Crippen molar-refractivity contribution in [1.29, 1.82) is 0 Å². The summed E-state index contributed by atoms with van der Waals surface area (Å²) >= 11 is 0. The van der Waals surface area contributed by atoms with E-state index in [-0.39, 0.29) is 31.1 Å². The highest BCUT2D eigenvalue weighted by Gasteiger charge is 2.19. The zero-order valence-corrected chi connectivity index (χ0v) is 48.1. The predicted molar refractivity (Wildman–Crippen MR) is 320 cm³/mol. The Morgan fingerprint density at radius 1 is 0.284 bits per heavy atom. The molecular formula is C68H112O6. The van der Waals surface area contributed by atoms with Crippen LogP contribution < -0.4 is 0 Å². The average Bonchev–Trinajstić information content (AvgIpc) is 3.40. The molecule has 0 N–H and O–H groups in total. The molecule has 1 atom stereocenters. The summed E-state index contributed by atoms with van der Waals surface area (Å²) in [4.78, 5) is 38.2. The van der Waals surface area contributed by atoms with Crippen LogP contribution in [0.1, 0.15) is 271 Å². The van der Waals surface area contributed by atoms with Crippen LogP contribution in [0, 0.1) is 0 Å². The molecular weight excluding hydrogens is 913 g/mol. The quantitative estimate of drug-likeness (QED) is 0.0261. The van der Waals surface area contributed by atoms with Gasteiger partial charge < -0.3 is 14.2 Å². The lowest BCUT2D eigenvalue weighted by atomic mass is 10.1. The third-order valence-electron chi connectivity index (χ3n) is 12.7. The Morgan fingerprint density at radius 3 is 0.892 bits per heavy atom. The van der Waals surface area contributed by atoms with Crippen LogP contribution in [0.15, 0.2) is 122 Å². The molecule has 420 valence electrons. The van der Waals surface area contributed by atoms with Crippen LogP contribution >= 0.6 is 0 Å². The van der Waals surface area contributed by atoms with Crippen molar-refractivity contribution in [2.24, 2.45) is 0 Å². The lowest BCUT2D eigenvalue weighted by molar-refractivity contribution is -0.167. The number of unbranched alkanes of at least 4 members (excludes halogenated alkanes) is 23. The average molecular weight is 1030 g/mol. The molecule has 0 fully saturated rings. The molecule has 6 heteroatoms. The van der Waals surface area contributed by atoms with E-state index in [9.17, 15) is 14.4 Å². The van der Waals surface area contributed by atoms with Crippen LogP contribution in [-0.2, 0) is 28.6 Å². The first-order valence-electron chi connectivity index (χ1n) is 30.5. The van der Waals surface area contributed by atoms with E-state index in [2.05, 4.69) is 142 Å². The fourth-order valence-electron chi connectivity index (χ4n) is 8.10. The summed E-state index contributed by atoms with van der Waals surface area (Å²) in [5.41, 5.74) is 0. The molecule has 6 nitrogen and oxygen atoms in total. The number of esters is 3. The molecule has 0 aliphatic heterocycles. The standard InChI is InChI=1S/C68H112O6/c1-4-7-10-13-16-19-22-24-26-28-30-32-34-36-38-40-42-44-46-49-52-55-58-61-67(70)73-64-65(63-72-66(69)60-57-54-51-48-21-18-15-12-9-6-3)74-68(71)62-59-56-53-50-47-45-43-41-39-37-35-33-31-29-27-25-23-20-17-14-11-8-5-2/h7,10,12,15-16,19,23-26,29-32,35-38,42,44,65H,4-6,8-9,11,13-14,17-18,20-22,27-28,33-34,39-41,43,45-64H2,1-3H3/b10-7-,15-12-,19-16-,25-23-,26-24-,31-29-,32-30-,37-35-,38-36-,44-42-. The molecule has 0 bridgehead atoms. The number of carbonyl (C=O) groups is 3. The minimum absolute atomic E-state index is 0.0966. The summed E-state index contributed by atoms with van der Waals surface area (Å²) in [7, 11) is 0. The minimum atomic E-state index is -0.800. The van der Waals surface area contributed by atoms with Gasteiger partial charge in [0, 0.05) is 19.3 Å². The summed E-state index contributed by atoms with van der Waals surface area (Å²) in [5, 5.41) is 0. The fourth-order valence-corrected chi connectivity index (χ4v) is 8.10. The SMILES string of the molecule is CC/C=C\C/C=C\C/C=C\C/C=C\C/C=C\C/C=C\CCCCCCC(=O)OCC(COC(=O)CCCCCCC/C=C\CCC)OC(=O)CCCCCCCCCC/C=C\C/C=C\C/C=C\CCCCCCC. The van der Waals surface area contributed by atoms with Crippen LogP contribution in [0.5, 0.6) is 0 Å². The van der Waals surface area contributed by atoms with Gasteiger partial charge in [-0.3, -0.25) is 14.4 Å². The molecule has 0 aromatic rings. The van der Waals surface area contributed by atoms with Crippen molar-refractivity contribution >= 4 is 17.9 Å². The number of carbonyl (C=O) groups excluding carboxylic acids is 3. The first kappa shape index (κ1) is 69.8. The number of ether oxygens (including phenoxy) is 3. The van der Waals surface area contributed by atoms with Gasteiger partial charge in [-0.15, -0.1) is 0 Å². The second-order valence-corrected chi connectivity index (χ2v) is 19.9. The van der Waals surface area contributed by atoms with Crippen molar-refractivity contribution < 1.29 is 28.6 Å². The summed E-state index contributed by atoms with van der Waals surface area (Å²) < 4.78 is 16.8. The molecule has 0 saturated carbocycles. The van der Waals surface area contributed by atoms with Gasteiger partial charge in [0.25, 0.3) is 0 Å². The molecule has 74 heavy (non-hydrogen) atoms. The smallest absolute Gasteiger partial charge is 0.306 e. The second-order valence-electron chi connectivity index (χ2n) is 19.9. The van der Waals surface area contributed by atoms with E-state index in [1.807, 2.05) is 0 Å². The largest absolute Gasteiger partial charge is 0.462 e. The monoisotopic (exact) mass is 1020 g/mol. The molecule has 0 saturated heterocycles. The summed E-state index contributed by atoms with van der Waals surface area (Å²) in [5.74, 6) is -0.940. The maximum absolute atomic E-state index is 12.9. The Morgan fingerprint density at radius 2 is 0.554 bits per heavy atom. The highest BCUT2D eigenvalue weighted by atomic mass is 16.6. The first-order valence-corrected chi connectivity index (χ1v) is 30.5. The lowest BCUT2D eigenvalue weighted by Gasteiger charge is -2.18. The van der Waals surface area contributed by atoms with Crippen molar-refractivity contribution in [1.82, 2.24) is 0 Å². The van der Waals surface area contributed by atoms with E-state index < -0.39 is 6.10 Å².